The molecule has 0 saturated heterocycles. The van der Waals surface area contributed by atoms with Gasteiger partial charge < -0.3 is 5.11 Å². The van der Waals surface area contributed by atoms with E-state index in [2.05, 4.69) is 0 Å². The molecule has 1 aromatic rings. The van der Waals surface area contributed by atoms with E-state index in [1.165, 1.54) is 0 Å². The molecular formula is C7H4F10O2S2. The zero-order valence-electron chi connectivity index (χ0n) is 9.18. The minimum absolute atomic E-state index is 0.836. The molecule has 0 amide bonds. The topological polar surface area (TPSA) is 37.3 Å². The van der Waals surface area contributed by atoms with Crippen LogP contribution in [-0.4, -0.2) is 11.1 Å². The second-order valence-electron chi connectivity index (χ2n) is 3.94. The van der Waals surface area contributed by atoms with Crippen molar-refractivity contribution in [1.29, 1.82) is 0 Å². The molecule has 0 spiro atoms. The standard InChI is InChI=1S/C7H4F10O2S2/c8-20(9,10,11,12)5-1-4(7(18)19)2-6(3-5)21(13,14,15,16)17/h1-3H,(H,18,19). The summed E-state index contributed by atoms with van der Waals surface area (Å²) in [5.41, 5.74) is -2.00. The zero-order valence-corrected chi connectivity index (χ0v) is 10.8. The molecule has 0 aliphatic carbocycles. The Kier molecular flexibility index (Phi) is 2.59. The third-order valence-corrected chi connectivity index (χ3v) is 4.27. The first-order chi connectivity index (χ1) is 8.49. The van der Waals surface area contributed by atoms with Crippen LogP contribution in [0.15, 0.2) is 28.0 Å². The first-order valence-corrected chi connectivity index (χ1v) is 8.26. The maximum atomic E-state index is 12.4. The molecule has 0 heterocycles. The number of carboxylic acids is 1. The van der Waals surface area contributed by atoms with Gasteiger partial charge in [-0.15, -0.1) is 0 Å². The van der Waals surface area contributed by atoms with Crippen LogP contribution < -0.4 is 0 Å². The molecule has 126 valence electrons. The summed E-state index contributed by atoms with van der Waals surface area (Å²) in [6, 6.07) is -3.16. The Labute approximate surface area is 109 Å². The molecule has 21 heavy (non-hydrogen) atoms. The molecule has 1 aromatic carbocycles. The Balaban J connectivity index is 3.93. The van der Waals surface area contributed by atoms with E-state index in [0.717, 1.165) is 0 Å². The Bertz CT molecular complexity index is 593. The smallest absolute Gasteiger partial charge is 0.335 e. The molecule has 0 aliphatic rings. The quantitative estimate of drug-likeness (QED) is 0.598. The average Bonchev–Trinajstić information content (AvgIpc) is 2.09. The van der Waals surface area contributed by atoms with E-state index in [4.69, 9.17) is 5.11 Å². The van der Waals surface area contributed by atoms with Crippen LogP contribution in [0.3, 0.4) is 0 Å². The average molecular weight is 374 g/mol. The Morgan fingerprint density at radius 2 is 1.00 bits per heavy atom. The molecule has 0 atom stereocenters. The normalized spacial score (nSPS) is 19.9. The molecule has 0 bridgehead atoms. The summed E-state index contributed by atoms with van der Waals surface area (Å²) in [6.07, 6.45) is 0. The maximum Gasteiger partial charge on any atom is 0.335 e. The van der Waals surface area contributed by atoms with Crippen LogP contribution in [0.4, 0.5) is 38.9 Å². The van der Waals surface area contributed by atoms with E-state index in [-0.39, 0.29) is 0 Å². The van der Waals surface area contributed by atoms with Crippen molar-refractivity contribution in [3.63, 3.8) is 0 Å². The second kappa shape index (κ2) is 3.06. The summed E-state index contributed by atoms with van der Waals surface area (Å²) in [7, 11) is -21.6. The van der Waals surface area contributed by atoms with Crippen LogP contribution in [0.1, 0.15) is 10.4 Å². The van der Waals surface area contributed by atoms with Gasteiger partial charge in [0, 0.05) is 0 Å². The third-order valence-electron chi connectivity index (χ3n) is 2.02. The van der Waals surface area contributed by atoms with Crippen LogP contribution in [-0.2, 0) is 0 Å². The Hall–Kier alpha value is -1.31. The van der Waals surface area contributed by atoms with Crippen molar-refractivity contribution in [1.82, 2.24) is 0 Å². The predicted octanol–water partition coefficient (Wildman–Crippen LogP) is 6.70. The summed E-state index contributed by atoms with van der Waals surface area (Å²) in [5, 5.41) is 8.30. The van der Waals surface area contributed by atoms with Crippen LogP contribution in [0.2, 0.25) is 0 Å². The Morgan fingerprint density at radius 3 is 1.19 bits per heavy atom. The predicted molar refractivity (Wildman–Crippen MR) is 56.2 cm³/mol. The van der Waals surface area contributed by atoms with Gasteiger partial charge in [0.1, 0.15) is 9.79 Å². The number of halogens is 10. The maximum absolute atomic E-state index is 12.4. The first kappa shape index (κ1) is 17.7. The molecule has 1 rings (SSSR count). The fourth-order valence-electron chi connectivity index (χ4n) is 1.14. The monoisotopic (exact) mass is 374 g/mol. The van der Waals surface area contributed by atoms with Crippen LogP contribution in [0.5, 0.6) is 0 Å². The van der Waals surface area contributed by atoms with Crippen molar-refractivity contribution in [3.8, 4) is 0 Å². The van der Waals surface area contributed by atoms with E-state index < -0.39 is 60.0 Å². The molecule has 0 aromatic heterocycles. The van der Waals surface area contributed by atoms with E-state index in [9.17, 15) is 43.7 Å². The van der Waals surface area contributed by atoms with Crippen molar-refractivity contribution in [2.45, 2.75) is 9.79 Å². The van der Waals surface area contributed by atoms with E-state index in [1.807, 2.05) is 0 Å². The minimum Gasteiger partial charge on any atom is -0.478 e. The van der Waals surface area contributed by atoms with Gasteiger partial charge in [-0.1, -0.05) is 38.9 Å². The lowest BCUT2D eigenvalue weighted by atomic mass is 10.2. The lowest BCUT2D eigenvalue weighted by Crippen LogP contribution is -2.13. The number of hydrogen-bond acceptors (Lipinski definition) is 1. The molecule has 1 N–H and O–H groups in total. The van der Waals surface area contributed by atoms with Crippen molar-refractivity contribution in [2.75, 3.05) is 0 Å². The van der Waals surface area contributed by atoms with Crippen LogP contribution in [0.25, 0.3) is 0 Å². The second-order valence-corrected chi connectivity index (χ2v) is 8.75. The Morgan fingerprint density at radius 1 is 0.714 bits per heavy atom. The van der Waals surface area contributed by atoms with Crippen molar-refractivity contribution >= 4 is 26.4 Å². The number of carbonyl (C=O) groups is 1. The molecule has 0 saturated carbocycles. The lowest BCUT2D eigenvalue weighted by molar-refractivity contribution is 0.0696. The van der Waals surface area contributed by atoms with Crippen molar-refractivity contribution in [3.05, 3.63) is 23.8 Å². The van der Waals surface area contributed by atoms with Crippen molar-refractivity contribution in [2.24, 2.45) is 0 Å². The van der Waals surface area contributed by atoms with Gasteiger partial charge in [0.05, 0.1) is 5.56 Å². The van der Waals surface area contributed by atoms with E-state index >= 15 is 0 Å². The highest BCUT2D eigenvalue weighted by atomic mass is 32.5. The first-order valence-electron chi connectivity index (χ1n) is 4.36. The largest absolute Gasteiger partial charge is 0.478 e. The molecule has 14 heteroatoms. The summed E-state index contributed by atoms with van der Waals surface area (Å²) in [5.74, 6) is -2.51. The van der Waals surface area contributed by atoms with Gasteiger partial charge in [-0.3, -0.25) is 0 Å². The number of aromatic carboxylic acids is 1. The minimum atomic E-state index is -10.8. The van der Waals surface area contributed by atoms with Gasteiger partial charge in [0.25, 0.3) is 0 Å². The fourth-order valence-corrected chi connectivity index (χ4v) is 2.61. The molecular weight excluding hydrogens is 370 g/mol. The van der Waals surface area contributed by atoms with Crippen LogP contribution in [0, 0.1) is 0 Å². The summed E-state index contributed by atoms with van der Waals surface area (Å²) >= 11 is 0. The highest BCUT2D eigenvalue weighted by molar-refractivity contribution is 8.46. The number of rotatable bonds is 3. The van der Waals surface area contributed by atoms with Gasteiger partial charge in [-0.25, -0.2) is 4.79 Å². The molecule has 0 fully saturated rings. The molecule has 0 unspecified atom stereocenters. The number of hydrogen-bond donors (Lipinski definition) is 1. The number of carboxylic acid groups (broad SMARTS) is 1. The van der Waals surface area contributed by atoms with Gasteiger partial charge in [-0.2, -0.15) is 0 Å². The molecule has 0 radical (unpaired) electrons. The van der Waals surface area contributed by atoms with Crippen molar-refractivity contribution < 1.29 is 48.8 Å². The highest BCUT2D eigenvalue weighted by Gasteiger charge is 2.69. The van der Waals surface area contributed by atoms with Gasteiger partial charge in [0.15, 0.2) is 0 Å². The van der Waals surface area contributed by atoms with Gasteiger partial charge in [0.2, 0.25) is 0 Å². The SMILES string of the molecule is O=C(O)c1cc(S(F)(F)(F)(F)F)cc(S(F)(F)(F)(F)F)c1. The molecule has 2 nitrogen and oxygen atoms in total. The van der Waals surface area contributed by atoms with Gasteiger partial charge >= 0.3 is 26.4 Å². The zero-order chi connectivity index (χ0) is 17.2. The lowest BCUT2D eigenvalue weighted by Gasteiger charge is -2.44. The van der Waals surface area contributed by atoms with Crippen LogP contribution >= 0.6 is 20.4 Å². The molecule has 0 aliphatic heterocycles. The van der Waals surface area contributed by atoms with Gasteiger partial charge in [-0.05, 0) is 18.2 Å². The number of benzene rings is 1. The summed E-state index contributed by atoms with van der Waals surface area (Å²) in [4.78, 5) is 3.65. The third kappa shape index (κ3) is 4.33. The fraction of sp³-hybridized carbons (Fsp3) is 0. The summed E-state index contributed by atoms with van der Waals surface area (Å²) < 4.78 is 124. The van der Waals surface area contributed by atoms with E-state index in [1.54, 1.807) is 0 Å². The van der Waals surface area contributed by atoms with E-state index in [0.29, 0.717) is 0 Å². The summed E-state index contributed by atoms with van der Waals surface area (Å²) in [6.45, 7) is 0. The highest BCUT2D eigenvalue weighted by Crippen LogP contribution is 3.05.